The second-order valence-electron chi connectivity index (χ2n) is 9.39. The molecule has 3 saturated carbocycles. The summed E-state index contributed by atoms with van der Waals surface area (Å²) in [6.45, 7) is 4.72. The van der Waals surface area contributed by atoms with Crippen LogP contribution in [0.4, 0.5) is 0 Å². The van der Waals surface area contributed by atoms with Crippen LogP contribution in [-0.4, -0.2) is 21.3 Å². The van der Waals surface area contributed by atoms with Crippen molar-refractivity contribution in [2.75, 3.05) is 12.9 Å². The molecule has 3 fully saturated rings. The van der Waals surface area contributed by atoms with E-state index in [1.807, 2.05) is 0 Å². The Bertz CT molecular complexity index is 792. The smallest absolute Gasteiger partial charge is 0.264 e. The van der Waals surface area contributed by atoms with Crippen LogP contribution >= 0.6 is 0 Å². The summed E-state index contributed by atoms with van der Waals surface area (Å²) in [5.41, 5.74) is 1.68. The molecule has 4 aliphatic rings. The molecule has 0 radical (unpaired) electrons. The van der Waals surface area contributed by atoms with Crippen molar-refractivity contribution in [2.45, 2.75) is 65.2 Å². The van der Waals surface area contributed by atoms with E-state index in [1.54, 1.807) is 0 Å². The fourth-order valence-electron chi connectivity index (χ4n) is 6.89. The fourth-order valence-corrected chi connectivity index (χ4v) is 7.22. The third-order valence-corrected chi connectivity index (χ3v) is 8.80. The Morgan fingerprint density at radius 2 is 2.08 bits per heavy atom. The minimum atomic E-state index is -3.49. The molecule has 4 rings (SSSR count). The highest BCUT2D eigenvalue weighted by Crippen LogP contribution is 2.66. The molecule has 0 bridgehead atoms. The minimum absolute atomic E-state index is 0.0157. The normalized spacial score (nSPS) is 50.0. The van der Waals surface area contributed by atoms with E-state index in [0.29, 0.717) is 17.8 Å². The van der Waals surface area contributed by atoms with Gasteiger partial charge in [-0.05, 0) is 80.4 Å². The summed E-state index contributed by atoms with van der Waals surface area (Å²) in [6.07, 6.45) is 13.7. The van der Waals surface area contributed by atoms with Gasteiger partial charge in [0.25, 0.3) is 10.1 Å². The first kappa shape index (κ1) is 16.4. The number of hydrogen-bond acceptors (Lipinski definition) is 3. The van der Waals surface area contributed by atoms with Gasteiger partial charge in [-0.15, -0.1) is 0 Å². The third-order valence-electron chi connectivity index (χ3n) is 8.23. The third kappa shape index (κ3) is 3.01. The van der Waals surface area contributed by atoms with E-state index in [1.165, 1.54) is 12.0 Å². The van der Waals surface area contributed by atoms with Crippen molar-refractivity contribution >= 4 is 10.1 Å². The highest BCUT2D eigenvalue weighted by atomic mass is 32.2. The molecule has 0 heterocycles. The lowest BCUT2D eigenvalue weighted by Gasteiger charge is -2.57. The zero-order valence-electron chi connectivity index (χ0n) is 18.3. The predicted octanol–water partition coefficient (Wildman–Crippen LogP) is 5.10. The second kappa shape index (κ2) is 6.48. The van der Waals surface area contributed by atoms with Gasteiger partial charge < -0.3 is 0 Å². The molecule has 0 aromatic heterocycles. The molecule has 26 heavy (non-hydrogen) atoms. The average molecular weight is 381 g/mol. The van der Waals surface area contributed by atoms with Gasteiger partial charge in [-0.3, -0.25) is 4.18 Å². The molecule has 0 aromatic rings. The Hall–Kier alpha value is -0.610. The summed E-state index contributed by atoms with van der Waals surface area (Å²) in [7, 11) is -3.49. The van der Waals surface area contributed by atoms with Crippen LogP contribution in [0.3, 0.4) is 0 Å². The molecule has 4 heteroatoms. The Kier molecular flexibility index (Phi) is 4.07. The van der Waals surface area contributed by atoms with Crippen molar-refractivity contribution in [3.63, 3.8) is 0 Å². The number of fused-ring (bicyclic) bond motifs is 5. The van der Waals surface area contributed by atoms with Crippen molar-refractivity contribution in [1.29, 1.82) is 0 Å². The van der Waals surface area contributed by atoms with Gasteiger partial charge in [-0.1, -0.05) is 37.6 Å². The van der Waals surface area contributed by atoms with Gasteiger partial charge in [0.2, 0.25) is 0 Å². The lowest BCUT2D eigenvalue weighted by molar-refractivity contribution is -0.0365. The zero-order valence-corrected chi connectivity index (χ0v) is 17.1. The molecule has 0 spiro atoms. The van der Waals surface area contributed by atoms with Crippen LogP contribution in [-0.2, 0) is 14.3 Å². The zero-order chi connectivity index (χ0) is 20.3. The van der Waals surface area contributed by atoms with Gasteiger partial charge in [0.1, 0.15) is 0 Å². The molecule has 146 valence electrons. The van der Waals surface area contributed by atoms with E-state index in [4.69, 9.17) is 6.92 Å². The van der Waals surface area contributed by atoms with Gasteiger partial charge in [-0.25, -0.2) is 0 Å². The van der Waals surface area contributed by atoms with Crippen LogP contribution in [0.25, 0.3) is 0 Å². The maximum Gasteiger partial charge on any atom is 0.264 e. The molecular weight excluding hydrogens is 344 g/mol. The summed E-state index contributed by atoms with van der Waals surface area (Å²) in [6, 6.07) is 0. The van der Waals surface area contributed by atoms with Crippen LogP contribution < -0.4 is 0 Å². The Morgan fingerprint density at radius 3 is 2.85 bits per heavy atom. The van der Waals surface area contributed by atoms with E-state index in [9.17, 15) is 8.42 Å². The van der Waals surface area contributed by atoms with Crippen LogP contribution in [0.2, 0.25) is 0 Å². The van der Waals surface area contributed by atoms with Crippen LogP contribution in [0.5, 0.6) is 0 Å². The fraction of sp³-hybridized carbons (Fsp3) is 0.818. The number of rotatable bonds is 4. The highest BCUT2D eigenvalue weighted by molar-refractivity contribution is 7.85. The van der Waals surface area contributed by atoms with E-state index >= 15 is 0 Å². The number of allylic oxidation sites excluding steroid dienone is 4. The lowest BCUT2D eigenvalue weighted by atomic mass is 9.47. The van der Waals surface area contributed by atoms with Crippen molar-refractivity contribution in [3.05, 3.63) is 23.8 Å². The second-order valence-corrected chi connectivity index (χ2v) is 11.0. The van der Waals surface area contributed by atoms with Crippen molar-refractivity contribution in [2.24, 2.45) is 34.5 Å². The number of hydrogen-bond donors (Lipinski definition) is 0. The molecule has 8 atom stereocenters. The van der Waals surface area contributed by atoms with E-state index < -0.39 is 16.5 Å². The van der Waals surface area contributed by atoms with Gasteiger partial charge in [0.05, 0.1) is 12.9 Å². The molecular formula is C22H34O3S. The average Bonchev–Trinajstić information content (AvgIpc) is 2.97. The van der Waals surface area contributed by atoms with Gasteiger partial charge in [-0.2, -0.15) is 8.42 Å². The Labute approximate surface area is 162 Å². The Balaban J connectivity index is 1.54. The molecule has 0 aliphatic heterocycles. The standard InChI is InChI=1S/C22H34O3S/c1-21-13-5-4-6-16(21)7-9-18-19-10-8-17(12-15-25-26(3,23)24)22(19,2)14-11-20(18)21/h5-6,13,17-20H,4,7-12,14-15H2,1-3H3/t17-,18+,19+,20+,21+,22-/m1/s1/i4D,12D/t4?,12?,17-,18+,19+,20+,21+,22-. The van der Waals surface area contributed by atoms with Crippen molar-refractivity contribution in [1.82, 2.24) is 0 Å². The van der Waals surface area contributed by atoms with Gasteiger partial charge in [0.15, 0.2) is 0 Å². The van der Waals surface area contributed by atoms with Gasteiger partial charge in [0, 0.05) is 8.16 Å². The largest absolute Gasteiger partial charge is 0.270 e. The lowest BCUT2D eigenvalue weighted by Crippen LogP contribution is -2.49. The molecule has 0 amide bonds. The van der Waals surface area contributed by atoms with Crippen molar-refractivity contribution in [3.8, 4) is 0 Å². The molecule has 0 N–H and O–H groups in total. The SMILES string of the molecule is [2H]C1C=C[C@@]2(C)C(=C1)CC[C@H]1[C@@H]3CC[C@H](C([2H])COS(C)(=O)=O)[C@@]3(C)CC[C@@H]12. The molecule has 2 unspecified atom stereocenters. The molecule has 0 saturated heterocycles. The first-order valence-electron chi connectivity index (χ1n) is 11.3. The maximum absolute atomic E-state index is 11.4. The molecule has 0 aromatic carbocycles. The first-order valence-corrected chi connectivity index (χ1v) is 12.0. The van der Waals surface area contributed by atoms with Crippen LogP contribution in [0.1, 0.15) is 67.9 Å². The van der Waals surface area contributed by atoms with E-state index in [2.05, 4.69) is 32.1 Å². The quantitative estimate of drug-likeness (QED) is 0.503. The maximum atomic E-state index is 11.4. The van der Waals surface area contributed by atoms with Gasteiger partial charge >= 0.3 is 0 Å². The summed E-state index contributed by atoms with van der Waals surface area (Å²) in [5, 5.41) is 0. The van der Waals surface area contributed by atoms with E-state index in [-0.39, 0.29) is 29.8 Å². The molecule has 4 aliphatic carbocycles. The topological polar surface area (TPSA) is 43.4 Å². The predicted molar refractivity (Wildman–Crippen MR) is 105 cm³/mol. The van der Waals surface area contributed by atoms with Crippen molar-refractivity contribution < 1.29 is 15.3 Å². The monoisotopic (exact) mass is 380 g/mol. The summed E-state index contributed by atoms with van der Waals surface area (Å²) in [5.74, 6) is 2.12. The minimum Gasteiger partial charge on any atom is -0.270 e. The summed E-state index contributed by atoms with van der Waals surface area (Å²) >= 11 is 0. The van der Waals surface area contributed by atoms with Crippen LogP contribution in [0, 0.1) is 34.5 Å². The van der Waals surface area contributed by atoms with E-state index in [0.717, 1.165) is 38.4 Å². The molecule has 3 nitrogen and oxygen atoms in total. The highest BCUT2D eigenvalue weighted by Gasteiger charge is 2.57. The van der Waals surface area contributed by atoms with Crippen LogP contribution in [0.15, 0.2) is 23.8 Å². The first-order chi connectivity index (χ1) is 13.0. The summed E-state index contributed by atoms with van der Waals surface area (Å²) in [4.78, 5) is 0. The summed E-state index contributed by atoms with van der Waals surface area (Å²) < 4.78 is 44.4. The Morgan fingerprint density at radius 1 is 1.27 bits per heavy atom.